The van der Waals surface area contributed by atoms with E-state index >= 15 is 0 Å². The number of aryl methyl sites for hydroxylation is 1. The molecule has 0 bridgehead atoms. The van der Waals surface area contributed by atoms with Crippen LogP contribution in [0.1, 0.15) is 42.7 Å². The molecular weight excluding hydrogens is 360 g/mol. The minimum Gasteiger partial charge on any atom is -0.497 e. The second-order valence-corrected chi connectivity index (χ2v) is 8.10. The molecule has 154 valence electrons. The molecule has 0 amide bonds. The van der Waals surface area contributed by atoms with Crippen LogP contribution < -0.4 is 9.47 Å². The van der Waals surface area contributed by atoms with Crippen LogP contribution in [0.15, 0.2) is 48.7 Å². The first-order valence-electron chi connectivity index (χ1n) is 10.8. The maximum Gasteiger partial charge on any atom is 0.120 e. The third-order valence-corrected chi connectivity index (χ3v) is 6.22. The molecule has 4 heteroatoms. The van der Waals surface area contributed by atoms with Crippen LogP contribution in [0.5, 0.6) is 11.5 Å². The number of benzene rings is 2. The molecular formula is C25H32N2O2. The smallest absolute Gasteiger partial charge is 0.120 e. The number of nitrogens with one attached hydrogen (secondary N) is 1. The second-order valence-electron chi connectivity index (χ2n) is 8.10. The molecule has 0 spiro atoms. The van der Waals surface area contributed by atoms with Crippen molar-refractivity contribution in [1.29, 1.82) is 0 Å². The molecule has 1 saturated heterocycles. The van der Waals surface area contributed by atoms with Gasteiger partial charge in [-0.3, -0.25) is 0 Å². The molecule has 2 heterocycles. The topological polar surface area (TPSA) is 37.5 Å². The summed E-state index contributed by atoms with van der Waals surface area (Å²) in [5, 5.41) is 1.32. The zero-order chi connectivity index (χ0) is 20.1. The fourth-order valence-electron chi connectivity index (χ4n) is 4.58. The number of piperidine rings is 1. The highest BCUT2D eigenvalue weighted by atomic mass is 16.5. The lowest BCUT2D eigenvalue weighted by Gasteiger charge is -2.33. The largest absolute Gasteiger partial charge is 0.497 e. The number of ether oxygens (including phenoxy) is 2. The molecule has 1 unspecified atom stereocenters. The number of aromatic amines is 1. The zero-order valence-electron chi connectivity index (χ0n) is 17.6. The van der Waals surface area contributed by atoms with Crippen LogP contribution >= 0.6 is 0 Å². The van der Waals surface area contributed by atoms with Crippen molar-refractivity contribution in [3.8, 4) is 11.5 Å². The fourth-order valence-corrected chi connectivity index (χ4v) is 4.58. The van der Waals surface area contributed by atoms with Crippen LogP contribution in [-0.2, 0) is 6.42 Å². The summed E-state index contributed by atoms with van der Waals surface area (Å²) in [6, 6.07) is 14.9. The van der Waals surface area contributed by atoms with Gasteiger partial charge < -0.3 is 19.4 Å². The molecule has 3 aromatic rings. The molecule has 1 aliphatic heterocycles. The lowest BCUT2D eigenvalue weighted by molar-refractivity contribution is 0.204. The first kappa shape index (κ1) is 19.8. The van der Waals surface area contributed by atoms with Crippen molar-refractivity contribution in [2.75, 3.05) is 33.9 Å². The Morgan fingerprint density at radius 3 is 2.76 bits per heavy atom. The summed E-state index contributed by atoms with van der Waals surface area (Å²) in [6.07, 6.45) is 8.31. The summed E-state index contributed by atoms with van der Waals surface area (Å²) in [5.41, 5.74) is 4.00. The highest BCUT2D eigenvalue weighted by molar-refractivity contribution is 5.84. The summed E-state index contributed by atoms with van der Waals surface area (Å²) < 4.78 is 10.7. The van der Waals surface area contributed by atoms with Crippen LogP contribution in [0, 0.1) is 0 Å². The van der Waals surface area contributed by atoms with Gasteiger partial charge in [-0.05, 0) is 86.5 Å². The van der Waals surface area contributed by atoms with Gasteiger partial charge in [-0.1, -0.05) is 12.1 Å². The number of unbranched alkanes of at least 4 members (excludes halogenated alkanes) is 1. The first-order valence-corrected chi connectivity index (χ1v) is 10.8. The average Bonchev–Trinajstić information content (AvgIpc) is 3.19. The molecule has 0 aliphatic carbocycles. The van der Waals surface area contributed by atoms with E-state index in [4.69, 9.17) is 9.47 Å². The highest BCUT2D eigenvalue weighted by Crippen LogP contribution is 2.29. The van der Waals surface area contributed by atoms with Crippen molar-refractivity contribution < 1.29 is 9.47 Å². The highest BCUT2D eigenvalue weighted by Gasteiger charge is 2.21. The van der Waals surface area contributed by atoms with Gasteiger partial charge in [0.25, 0.3) is 0 Å². The van der Waals surface area contributed by atoms with E-state index in [9.17, 15) is 0 Å². The summed E-state index contributed by atoms with van der Waals surface area (Å²) in [4.78, 5) is 6.03. The number of methoxy groups -OCH3 is 2. The molecule has 1 atom stereocenters. The SMILES string of the molecule is COc1cccc(C2CCCN(CCCCc3c[nH]c4cc(OC)ccc34)C2)c1. The number of hydrogen-bond acceptors (Lipinski definition) is 3. The number of rotatable bonds is 8. The summed E-state index contributed by atoms with van der Waals surface area (Å²) in [7, 11) is 3.46. The minimum atomic E-state index is 0.627. The van der Waals surface area contributed by atoms with Crippen molar-refractivity contribution in [3.63, 3.8) is 0 Å². The molecule has 1 fully saturated rings. The van der Waals surface area contributed by atoms with Gasteiger partial charge in [0, 0.05) is 29.7 Å². The average molecular weight is 393 g/mol. The molecule has 1 aromatic heterocycles. The van der Waals surface area contributed by atoms with Crippen LogP contribution in [0.25, 0.3) is 10.9 Å². The summed E-state index contributed by atoms with van der Waals surface area (Å²) >= 11 is 0. The molecule has 29 heavy (non-hydrogen) atoms. The van der Waals surface area contributed by atoms with Gasteiger partial charge in [-0.25, -0.2) is 0 Å². The van der Waals surface area contributed by atoms with Gasteiger partial charge >= 0.3 is 0 Å². The number of likely N-dealkylation sites (tertiary alicyclic amines) is 1. The molecule has 2 aromatic carbocycles. The maximum absolute atomic E-state index is 5.41. The van der Waals surface area contributed by atoms with Gasteiger partial charge in [0.1, 0.15) is 11.5 Å². The van der Waals surface area contributed by atoms with Crippen molar-refractivity contribution in [1.82, 2.24) is 9.88 Å². The fraction of sp³-hybridized carbons (Fsp3) is 0.440. The number of hydrogen-bond donors (Lipinski definition) is 1. The van der Waals surface area contributed by atoms with E-state index in [0.717, 1.165) is 23.4 Å². The Bertz CT molecular complexity index is 933. The molecule has 0 radical (unpaired) electrons. The van der Waals surface area contributed by atoms with Crippen molar-refractivity contribution >= 4 is 10.9 Å². The lowest BCUT2D eigenvalue weighted by Crippen LogP contribution is -2.35. The zero-order valence-corrected chi connectivity index (χ0v) is 17.6. The normalized spacial score (nSPS) is 17.5. The van der Waals surface area contributed by atoms with Crippen molar-refractivity contribution in [3.05, 3.63) is 59.8 Å². The molecule has 1 aliphatic rings. The van der Waals surface area contributed by atoms with Gasteiger partial charge in [0.2, 0.25) is 0 Å². The Hall–Kier alpha value is -2.46. The van der Waals surface area contributed by atoms with E-state index in [1.807, 2.05) is 12.1 Å². The van der Waals surface area contributed by atoms with Gasteiger partial charge in [-0.15, -0.1) is 0 Å². The molecule has 1 N–H and O–H groups in total. The summed E-state index contributed by atoms with van der Waals surface area (Å²) in [6.45, 7) is 3.59. The van der Waals surface area contributed by atoms with Crippen LogP contribution in [-0.4, -0.2) is 43.7 Å². The number of fused-ring (bicyclic) bond motifs is 1. The number of H-pyrrole nitrogens is 1. The van der Waals surface area contributed by atoms with Crippen LogP contribution in [0.2, 0.25) is 0 Å². The molecule has 0 saturated carbocycles. The summed E-state index contributed by atoms with van der Waals surface area (Å²) in [5.74, 6) is 2.50. The third kappa shape index (κ3) is 4.76. The van der Waals surface area contributed by atoms with E-state index in [0.29, 0.717) is 5.92 Å². The Kier molecular flexibility index (Phi) is 6.40. The predicted octanol–water partition coefficient (Wildman–Crippen LogP) is 5.39. The predicted molar refractivity (Wildman–Crippen MR) is 119 cm³/mol. The van der Waals surface area contributed by atoms with Crippen LogP contribution in [0.3, 0.4) is 0 Å². The maximum atomic E-state index is 5.41. The second kappa shape index (κ2) is 9.36. The van der Waals surface area contributed by atoms with E-state index in [1.165, 1.54) is 61.8 Å². The van der Waals surface area contributed by atoms with Gasteiger partial charge in [-0.2, -0.15) is 0 Å². The quantitative estimate of drug-likeness (QED) is 0.523. The van der Waals surface area contributed by atoms with E-state index in [2.05, 4.69) is 46.4 Å². The van der Waals surface area contributed by atoms with Gasteiger partial charge in [0.15, 0.2) is 0 Å². The lowest BCUT2D eigenvalue weighted by atomic mass is 9.90. The molecule has 4 rings (SSSR count). The standard InChI is InChI=1S/C25H32N2O2/c1-28-22-10-5-8-19(15-22)21-9-6-14-27(18-21)13-4-3-7-20-17-26-25-16-23(29-2)11-12-24(20)25/h5,8,10-12,15-17,21,26H,3-4,6-7,9,13-14,18H2,1-2H3. The van der Waals surface area contributed by atoms with Crippen molar-refractivity contribution in [2.45, 2.75) is 38.0 Å². The van der Waals surface area contributed by atoms with E-state index in [1.54, 1.807) is 14.2 Å². The minimum absolute atomic E-state index is 0.627. The first-order chi connectivity index (χ1) is 14.3. The number of aromatic nitrogens is 1. The Labute approximate surface area is 173 Å². The Morgan fingerprint density at radius 1 is 1.03 bits per heavy atom. The Morgan fingerprint density at radius 2 is 1.90 bits per heavy atom. The van der Waals surface area contributed by atoms with Crippen LogP contribution in [0.4, 0.5) is 0 Å². The van der Waals surface area contributed by atoms with E-state index in [-0.39, 0.29) is 0 Å². The Balaban J connectivity index is 1.27. The third-order valence-electron chi connectivity index (χ3n) is 6.22. The van der Waals surface area contributed by atoms with E-state index < -0.39 is 0 Å². The molecule has 4 nitrogen and oxygen atoms in total. The van der Waals surface area contributed by atoms with Gasteiger partial charge in [0.05, 0.1) is 14.2 Å². The monoisotopic (exact) mass is 392 g/mol. The number of nitrogens with zero attached hydrogens (tertiary/aromatic N) is 1. The van der Waals surface area contributed by atoms with Crippen molar-refractivity contribution in [2.24, 2.45) is 0 Å².